The molecule has 2 aromatic rings. The molecule has 39 heavy (non-hydrogen) atoms. The fraction of sp³-hybridized carbons (Fsp3) is 0.552. The Morgan fingerprint density at radius 2 is 1.72 bits per heavy atom. The quantitative estimate of drug-likeness (QED) is 0.453. The van der Waals surface area contributed by atoms with Gasteiger partial charge in [-0.3, -0.25) is 9.69 Å². The Morgan fingerprint density at radius 3 is 2.31 bits per heavy atom. The van der Waals surface area contributed by atoms with Crippen molar-refractivity contribution in [3.63, 3.8) is 0 Å². The molecule has 214 valence electrons. The van der Waals surface area contributed by atoms with E-state index in [4.69, 9.17) is 16.3 Å². The smallest absolute Gasteiger partial charge is 0.243 e. The number of sulfonamides is 1. The van der Waals surface area contributed by atoms with Gasteiger partial charge in [0.05, 0.1) is 22.7 Å². The Hall–Kier alpha value is -2.33. The summed E-state index contributed by atoms with van der Waals surface area (Å²) in [6.45, 7) is 8.50. The third-order valence-corrected chi connectivity index (χ3v) is 10.3. The number of carbonyl (C=O) groups is 1. The van der Waals surface area contributed by atoms with E-state index in [2.05, 4.69) is 33.3 Å². The van der Waals surface area contributed by atoms with Gasteiger partial charge in [-0.15, -0.1) is 0 Å². The molecule has 2 aliphatic rings. The highest BCUT2D eigenvalue weighted by atomic mass is 35.5. The van der Waals surface area contributed by atoms with Crippen LogP contribution in [-0.2, 0) is 21.4 Å². The highest BCUT2D eigenvalue weighted by Gasteiger charge is 2.27. The second kappa shape index (κ2) is 12.9. The third-order valence-electron chi connectivity index (χ3n) is 7.81. The normalized spacial score (nSPS) is 17.1. The third kappa shape index (κ3) is 7.25. The maximum absolute atomic E-state index is 13.2. The number of methoxy groups -OCH3 is 1. The van der Waals surface area contributed by atoms with E-state index in [9.17, 15) is 13.2 Å². The van der Waals surface area contributed by atoms with Crippen LogP contribution in [0.15, 0.2) is 35.2 Å². The Balaban J connectivity index is 1.25. The van der Waals surface area contributed by atoms with Crippen LogP contribution in [0.4, 0.5) is 5.69 Å². The molecule has 2 heterocycles. The SMILES string of the molecule is COc1cc(C)c(S(=O)(=O)N(C)CCC(=O)NC2CCN(c3ccc(CN4CCCC4)cc3Cl)CC2)c(C)c1. The van der Waals surface area contributed by atoms with Crippen molar-refractivity contribution in [3.05, 3.63) is 52.0 Å². The molecule has 0 spiro atoms. The number of nitrogens with zero attached hydrogens (tertiary/aromatic N) is 3. The number of hydrogen-bond donors (Lipinski definition) is 1. The largest absolute Gasteiger partial charge is 0.497 e. The van der Waals surface area contributed by atoms with Gasteiger partial charge in [-0.2, -0.15) is 0 Å². The van der Waals surface area contributed by atoms with Gasteiger partial charge in [-0.25, -0.2) is 12.7 Å². The number of likely N-dealkylation sites (tertiary alicyclic amines) is 1. The fourth-order valence-electron chi connectivity index (χ4n) is 5.64. The number of piperidine rings is 1. The van der Waals surface area contributed by atoms with E-state index >= 15 is 0 Å². The number of benzene rings is 2. The number of halogens is 1. The molecule has 10 heteroatoms. The predicted octanol–water partition coefficient (Wildman–Crippen LogP) is 4.36. The second-order valence-electron chi connectivity index (χ2n) is 10.8. The van der Waals surface area contributed by atoms with Crippen molar-refractivity contribution in [2.45, 2.75) is 63.4 Å². The van der Waals surface area contributed by atoms with E-state index < -0.39 is 10.0 Å². The van der Waals surface area contributed by atoms with Gasteiger partial charge in [0.25, 0.3) is 0 Å². The van der Waals surface area contributed by atoms with Crippen molar-refractivity contribution in [1.82, 2.24) is 14.5 Å². The van der Waals surface area contributed by atoms with Crippen LogP contribution in [0.25, 0.3) is 0 Å². The zero-order chi connectivity index (χ0) is 28.2. The number of carbonyl (C=O) groups excluding carboxylic acids is 1. The van der Waals surface area contributed by atoms with Crippen molar-refractivity contribution in [2.24, 2.45) is 0 Å². The maximum Gasteiger partial charge on any atom is 0.243 e. The first-order valence-corrected chi connectivity index (χ1v) is 15.6. The molecule has 0 aliphatic carbocycles. The van der Waals surface area contributed by atoms with E-state index in [-0.39, 0.29) is 29.8 Å². The Kier molecular flexibility index (Phi) is 9.80. The van der Waals surface area contributed by atoms with E-state index in [1.165, 1.54) is 29.8 Å². The Bertz CT molecular complexity index is 1250. The van der Waals surface area contributed by atoms with Crippen LogP contribution in [-0.4, -0.2) is 76.5 Å². The summed E-state index contributed by atoms with van der Waals surface area (Å²) in [5, 5.41) is 3.88. The average molecular weight is 577 g/mol. The summed E-state index contributed by atoms with van der Waals surface area (Å²) < 4.78 is 32.9. The van der Waals surface area contributed by atoms with Crippen molar-refractivity contribution in [1.29, 1.82) is 0 Å². The predicted molar refractivity (Wildman–Crippen MR) is 156 cm³/mol. The highest BCUT2D eigenvalue weighted by Crippen LogP contribution is 2.31. The summed E-state index contributed by atoms with van der Waals surface area (Å²) in [5.74, 6) is 0.483. The van der Waals surface area contributed by atoms with Gasteiger partial charge in [0.1, 0.15) is 5.75 Å². The van der Waals surface area contributed by atoms with E-state index in [1.807, 2.05) is 0 Å². The molecule has 2 aromatic carbocycles. The molecule has 1 amide bonds. The van der Waals surface area contributed by atoms with Gasteiger partial charge >= 0.3 is 0 Å². The Morgan fingerprint density at radius 1 is 1.08 bits per heavy atom. The molecular formula is C29H41ClN4O4S. The molecule has 0 bridgehead atoms. The standard InChI is InChI=1S/C29H41ClN4O4S/c1-21-17-25(38-4)18-22(2)29(21)39(36,37)32(3)14-11-28(35)31-24-9-15-34(16-10-24)27-8-7-23(19-26(27)30)20-33-12-5-6-13-33/h7-8,17-19,24H,5-6,9-16,20H2,1-4H3,(H,31,35). The van der Waals surface area contributed by atoms with Crippen LogP contribution in [0.3, 0.4) is 0 Å². The van der Waals surface area contributed by atoms with Gasteiger partial charge in [-0.1, -0.05) is 17.7 Å². The number of hydrogen-bond acceptors (Lipinski definition) is 6. The van der Waals surface area contributed by atoms with Crippen molar-refractivity contribution in [2.75, 3.05) is 51.8 Å². The number of amides is 1. The molecule has 0 atom stereocenters. The molecule has 2 aliphatic heterocycles. The lowest BCUT2D eigenvalue weighted by atomic mass is 10.0. The molecule has 2 fully saturated rings. The first-order chi connectivity index (χ1) is 18.6. The first-order valence-electron chi connectivity index (χ1n) is 13.7. The Labute approximate surface area is 238 Å². The molecule has 0 aromatic heterocycles. The summed E-state index contributed by atoms with van der Waals surface area (Å²) in [6, 6.07) is 9.87. The second-order valence-corrected chi connectivity index (χ2v) is 13.2. The van der Waals surface area contributed by atoms with Gasteiger partial charge in [0.2, 0.25) is 15.9 Å². The summed E-state index contributed by atoms with van der Waals surface area (Å²) in [7, 11) is -0.657. The summed E-state index contributed by atoms with van der Waals surface area (Å²) in [5.41, 5.74) is 3.53. The number of ether oxygens (including phenoxy) is 1. The van der Waals surface area contributed by atoms with E-state index in [0.29, 0.717) is 16.9 Å². The highest BCUT2D eigenvalue weighted by molar-refractivity contribution is 7.89. The van der Waals surface area contributed by atoms with Gasteiger partial charge in [-0.05, 0) is 93.6 Å². The van der Waals surface area contributed by atoms with E-state index in [1.54, 1.807) is 33.1 Å². The van der Waals surface area contributed by atoms with Crippen molar-refractivity contribution >= 4 is 33.2 Å². The minimum atomic E-state index is -3.73. The lowest BCUT2D eigenvalue weighted by Gasteiger charge is -2.34. The number of nitrogens with one attached hydrogen (secondary N) is 1. The van der Waals surface area contributed by atoms with Crippen LogP contribution in [0.2, 0.25) is 5.02 Å². The monoisotopic (exact) mass is 576 g/mol. The molecule has 1 N–H and O–H groups in total. The van der Waals surface area contributed by atoms with E-state index in [0.717, 1.165) is 56.3 Å². The van der Waals surface area contributed by atoms with Crippen LogP contribution < -0.4 is 15.0 Å². The van der Waals surface area contributed by atoms with Crippen molar-refractivity contribution < 1.29 is 17.9 Å². The summed E-state index contributed by atoms with van der Waals surface area (Å²) in [4.78, 5) is 17.7. The first kappa shape index (κ1) is 29.6. The van der Waals surface area contributed by atoms with Crippen LogP contribution in [0.5, 0.6) is 5.75 Å². The zero-order valence-corrected chi connectivity index (χ0v) is 25.1. The van der Waals surface area contributed by atoms with Gasteiger partial charge < -0.3 is 15.0 Å². The zero-order valence-electron chi connectivity index (χ0n) is 23.5. The minimum Gasteiger partial charge on any atom is -0.497 e. The fourth-order valence-corrected chi connectivity index (χ4v) is 7.54. The summed E-state index contributed by atoms with van der Waals surface area (Å²) in [6.07, 6.45) is 4.28. The molecular weight excluding hydrogens is 536 g/mol. The molecule has 0 unspecified atom stereocenters. The van der Waals surface area contributed by atoms with Crippen LogP contribution in [0, 0.1) is 13.8 Å². The molecule has 2 saturated heterocycles. The van der Waals surface area contributed by atoms with Gasteiger partial charge in [0, 0.05) is 45.7 Å². The molecule has 8 nitrogen and oxygen atoms in total. The van der Waals surface area contributed by atoms with Crippen LogP contribution >= 0.6 is 11.6 Å². The minimum absolute atomic E-state index is 0.0648. The van der Waals surface area contributed by atoms with Crippen molar-refractivity contribution in [3.8, 4) is 5.75 Å². The summed E-state index contributed by atoms with van der Waals surface area (Å²) >= 11 is 6.67. The van der Waals surface area contributed by atoms with Gasteiger partial charge in [0.15, 0.2) is 0 Å². The number of anilines is 1. The topological polar surface area (TPSA) is 82.2 Å². The average Bonchev–Trinajstić information content (AvgIpc) is 3.40. The maximum atomic E-state index is 13.2. The lowest BCUT2D eigenvalue weighted by Crippen LogP contribution is -2.45. The lowest BCUT2D eigenvalue weighted by molar-refractivity contribution is -0.122. The number of rotatable bonds is 10. The molecule has 0 saturated carbocycles. The molecule has 4 rings (SSSR count). The molecule has 0 radical (unpaired) electrons. The number of aryl methyl sites for hydroxylation is 2. The van der Waals surface area contributed by atoms with Crippen LogP contribution in [0.1, 0.15) is 48.8 Å².